The molecule has 0 aromatic heterocycles. The first-order chi connectivity index (χ1) is 8.99. The molecule has 0 amide bonds. The molecule has 0 aliphatic carbocycles. The maximum atomic E-state index is 13.5. The van der Waals surface area contributed by atoms with E-state index in [2.05, 4.69) is 4.72 Å². The molecule has 0 radical (unpaired) electrons. The molecule has 1 fully saturated rings. The Labute approximate surface area is 112 Å². The van der Waals surface area contributed by atoms with Gasteiger partial charge in [-0.3, -0.25) is 0 Å². The van der Waals surface area contributed by atoms with Crippen LogP contribution in [0, 0.1) is 5.82 Å². The van der Waals surface area contributed by atoms with E-state index in [-0.39, 0.29) is 18.3 Å². The number of nitrogens with one attached hydrogen (secondary N) is 1. The van der Waals surface area contributed by atoms with Crippen LogP contribution in [-0.4, -0.2) is 27.7 Å². The van der Waals surface area contributed by atoms with Gasteiger partial charge in [0.15, 0.2) is 0 Å². The number of benzene rings is 1. The first kappa shape index (κ1) is 14.2. The average molecular weight is 288 g/mol. The molecule has 1 aromatic rings. The van der Waals surface area contributed by atoms with Crippen LogP contribution < -0.4 is 10.5 Å². The lowest BCUT2D eigenvalue weighted by atomic mass is 10.2. The van der Waals surface area contributed by atoms with E-state index in [9.17, 15) is 12.8 Å². The fraction of sp³-hybridized carbons (Fsp3) is 0.500. The molecule has 1 atom stereocenters. The first-order valence-corrected chi connectivity index (χ1v) is 7.63. The highest BCUT2D eigenvalue weighted by Gasteiger charge is 2.21. The summed E-state index contributed by atoms with van der Waals surface area (Å²) in [7, 11) is -3.87. The largest absolute Gasteiger partial charge is 0.399 e. The molecule has 19 heavy (non-hydrogen) atoms. The van der Waals surface area contributed by atoms with E-state index in [1.165, 1.54) is 6.07 Å². The van der Waals surface area contributed by atoms with Gasteiger partial charge in [-0.2, -0.15) is 0 Å². The van der Waals surface area contributed by atoms with Crippen molar-refractivity contribution in [3.63, 3.8) is 0 Å². The van der Waals surface area contributed by atoms with Crippen molar-refractivity contribution in [1.29, 1.82) is 0 Å². The summed E-state index contributed by atoms with van der Waals surface area (Å²) in [6.45, 7) is 0.947. The van der Waals surface area contributed by atoms with Crippen molar-refractivity contribution in [1.82, 2.24) is 4.72 Å². The number of sulfonamides is 1. The van der Waals surface area contributed by atoms with Crippen molar-refractivity contribution >= 4 is 15.7 Å². The van der Waals surface area contributed by atoms with Crippen molar-refractivity contribution < 1.29 is 17.5 Å². The summed E-state index contributed by atoms with van der Waals surface area (Å²) in [6.07, 6.45) is 2.62. The third kappa shape index (κ3) is 3.65. The summed E-state index contributed by atoms with van der Waals surface area (Å²) in [5, 5.41) is 0. The van der Waals surface area contributed by atoms with E-state index in [0.717, 1.165) is 31.6 Å². The second kappa shape index (κ2) is 5.85. The highest BCUT2D eigenvalue weighted by molar-refractivity contribution is 7.89. The number of rotatable bonds is 5. The Morgan fingerprint density at radius 1 is 1.47 bits per heavy atom. The quantitative estimate of drug-likeness (QED) is 0.799. The predicted molar refractivity (Wildman–Crippen MR) is 69.6 cm³/mol. The zero-order chi connectivity index (χ0) is 13.9. The van der Waals surface area contributed by atoms with E-state index in [0.29, 0.717) is 6.42 Å². The van der Waals surface area contributed by atoms with E-state index in [4.69, 9.17) is 10.5 Å². The van der Waals surface area contributed by atoms with Crippen molar-refractivity contribution in [2.24, 2.45) is 0 Å². The van der Waals surface area contributed by atoms with Crippen LogP contribution in [0.1, 0.15) is 19.3 Å². The van der Waals surface area contributed by atoms with Crippen molar-refractivity contribution in [3.8, 4) is 0 Å². The van der Waals surface area contributed by atoms with E-state index in [1.807, 2.05) is 0 Å². The number of nitrogens with two attached hydrogens (primary N) is 1. The standard InChI is InChI=1S/C12H17FN2O3S/c13-11-4-3-9(14)8-12(11)19(16,17)15-6-5-10-2-1-7-18-10/h3-4,8,10,15H,1-2,5-7,14H2. The molecule has 1 saturated heterocycles. The van der Waals surface area contributed by atoms with Gasteiger partial charge < -0.3 is 10.5 Å². The van der Waals surface area contributed by atoms with Crippen LogP contribution in [-0.2, 0) is 14.8 Å². The molecular weight excluding hydrogens is 271 g/mol. The zero-order valence-corrected chi connectivity index (χ0v) is 11.2. The minimum absolute atomic E-state index is 0.0911. The molecule has 0 saturated carbocycles. The minimum Gasteiger partial charge on any atom is -0.399 e. The summed E-state index contributed by atoms with van der Waals surface area (Å²) in [5.74, 6) is -0.807. The molecule has 1 aliphatic rings. The molecule has 1 aromatic carbocycles. The number of hydrogen-bond donors (Lipinski definition) is 2. The van der Waals surface area contributed by atoms with Gasteiger partial charge >= 0.3 is 0 Å². The minimum atomic E-state index is -3.87. The lowest BCUT2D eigenvalue weighted by Crippen LogP contribution is -2.28. The Bertz CT molecular complexity index is 542. The molecule has 1 unspecified atom stereocenters. The second-order valence-corrected chi connectivity index (χ2v) is 6.25. The lowest BCUT2D eigenvalue weighted by Gasteiger charge is -2.11. The van der Waals surface area contributed by atoms with Gasteiger partial charge in [-0.1, -0.05) is 0 Å². The topological polar surface area (TPSA) is 81.4 Å². The van der Waals surface area contributed by atoms with Crippen LogP contribution in [0.15, 0.2) is 23.1 Å². The zero-order valence-electron chi connectivity index (χ0n) is 10.4. The van der Waals surface area contributed by atoms with Gasteiger partial charge in [-0.15, -0.1) is 0 Å². The van der Waals surface area contributed by atoms with Crippen molar-refractivity contribution in [3.05, 3.63) is 24.0 Å². The normalized spacial score (nSPS) is 19.7. The van der Waals surface area contributed by atoms with Gasteiger partial charge in [0.25, 0.3) is 0 Å². The molecule has 2 rings (SSSR count). The van der Waals surface area contributed by atoms with Crippen LogP contribution in [0.2, 0.25) is 0 Å². The summed E-state index contributed by atoms with van der Waals surface area (Å²) < 4.78 is 45.1. The molecule has 0 spiro atoms. The van der Waals surface area contributed by atoms with Crippen molar-refractivity contribution in [2.45, 2.75) is 30.3 Å². The molecule has 5 nitrogen and oxygen atoms in total. The Kier molecular flexibility index (Phi) is 4.38. The van der Waals surface area contributed by atoms with Gasteiger partial charge in [0.2, 0.25) is 10.0 Å². The summed E-state index contributed by atoms with van der Waals surface area (Å²) in [6, 6.07) is 3.48. The number of anilines is 1. The Morgan fingerprint density at radius 2 is 2.26 bits per heavy atom. The molecular formula is C12H17FN2O3S. The Hall–Kier alpha value is -1.18. The fourth-order valence-corrected chi connectivity index (χ4v) is 3.19. The highest BCUT2D eigenvalue weighted by atomic mass is 32.2. The lowest BCUT2D eigenvalue weighted by molar-refractivity contribution is 0.105. The number of ether oxygens (including phenoxy) is 1. The van der Waals surface area contributed by atoms with E-state index >= 15 is 0 Å². The average Bonchev–Trinajstić information content (AvgIpc) is 2.85. The van der Waals surface area contributed by atoms with E-state index in [1.54, 1.807) is 0 Å². The van der Waals surface area contributed by atoms with Gasteiger partial charge in [0.1, 0.15) is 10.7 Å². The third-order valence-corrected chi connectivity index (χ3v) is 4.50. The molecule has 3 N–H and O–H groups in total. The Balaban J connectivity index is 1.99. The molecule has 1 heterocycles. The number of nitrogen functional groups attached to an aromatic ring is 1. The van der Waals surface area contributed by atoms with E-state index < -0.39 is 20.7 Å². The summed E-state index contributed by atoms with van der Waals surface area (Å²) in [4.78, 5) is -0.417. The third-order valence-electron chi connectivity index (χ3n) is 3.03. The Morgan fingerprint density at radius 3 is 2.95 bits per heavy atom. The molecule has 106 valence electrons. The molecule has 0 bridgehead atoms. The number of hydrogen-bond acceptors (Lipinski definition) is 4. The predicted octanol–water partition coefficient (Wildman–Crippen LogP) is 1.26. The van der Waals surface area contributed by atoms with Crippen LogP contribution in [0.3, 0.4) is 0 Å². The maximum absolute atomic E-state index is 13.5. The van der Waals surface area contributed by atoms with Gasteiger partial charge in [-0.05, 0) is 37.5 Å². The van der Waals surface area contributed by atoms with Crippen LogP contribution in [0.5, 0.6) is 0 Å². The van der Waals surface area contributed by atoms with Gasteiger partial charge in [0.05, 0.1) is 6.10 Å². The van der Waals surface area contributed by atoms with Gasteiger partial charge in [0, 0.05) is 18.8 Å². The summed E-state index contributed by atoms with van der Waals surface area (Å²) >= 11 is 0. The summed E-state index contributed by atoms with van der Waals surface area (Å²) in [5.41, 5.74) is 5.68. The molecule has 1 aliphatic heterocycles. The molecule has 7 heteroatoms. The van der Waals surface area contributed by atoms with Crippen LogP contribution in [0.25, 0.3) is 0 Å². The van der Waals surface area contributed by atoms with Crippen LogP contribution >= 0.6 is 0 Å². The highest BCUT2D eigenvalue weighted by Crippen LogP contribution is 2.18. The number of halogens is 1. The SMILES string of the molecule is Nc1ccc(F)c(S(=O)(=O)NCCC2CCCO2)c1. The van der Waals surface area contributed by atoms with Crippen molar-refractivity contribution in [2.75, 3.05) is 18.9 Å². The van der Waals surface area contributed by atoms with Gasteiger partial charge in [-0.25, -0.2) is 17.5 Å². The fourth-order valence-electron chi connectivity index (χ4n) is 2.03. The monoisotopic (exact) mass is 288 g/mol. The maximum Gasteiger partial charge on any atom is 0.243 e. The second-order valence-electron chi connectivity index (χ2n) is 4.51. The van der Waals surface area contributed by atoms with Crippen LogP contribution in [0.4, 0.5) is 10.1 Å². The smallest absolute Gasteiger partial charge is 0.243 e. The first-order valence-electron chi connectivity index (χ1n) is 6.15.